The van der Waals surface area contributed by atoms with Gasteiger partial charge in [-0.1, -0.05) is 24.3 Å². The molecule has 2 aromatic carbocycles. The molecule has 30 heavy (non-hydrogen) atoms. The maximum absolute atomic E-state index is 13.1. The summed E-state index contributed by atoms with van der Waals surface area (Å²) in [5.74, 6) is 0.240. The highest BCUT2D eigenvalue weighted by Gasteiger charge is 2.50. The third kappa shape index (κ3) is 3.39. The van der Waals surface area contributed by atoms with Gasteiger partial charge in [0, 0.05) is 17.5 Å². The highest BCUT2D eigenvalue weighted by Crippen LogP contribution is 2.38. The van der Waals surface area contributed by atoms with Crippen LogP contribution in [0.4, 0.5) is 10.8 Å². The molecule has 1 aliphatic heterocycles. The number of hydrogen-bond acceptors (Lipinski definition) is 6. The van der Waals surface area contributed by atoms with Gasteiger partial charge in [-0.05, 0) is 38.1 Å². The van der Waals surface area contributed by atoms with Gasteiger partial charge >= 0.3 is 0 Å². The Morgan fingerprint density at radius 1 is 1.27 bits per heavy atom. The summed E-state index contributed by atoms with van der Waals surface area (Å²) in [6, 6.07) is 14.7. The predicted octanol–water partition coefficient (Wildman–Crippen LogP) is 3.96. The van der Waals surface area contributed by atoms with Crippen LogP contribution in [0, 0.1) is 0 Å². The number of thiazole rings is 1. The van der Waals surface area contributed by atoms with Crippen LogP contribution in [0.3, 0.4) is 0 Å². The average molecular weight is 423 g/mol. The molecule has 0 saturated heterocycles. The summed E-state index contributed by atoms with van der Waals surface area (Å²) >= 11 is 1.28. The van der Waals surface area contributed by atoms with Gasteiger partial charge in [-0.2, -0.15) is 0 Å². The van der Waals surface area contributed by atoms with E-state index in [0.717, 1.165) is 11.3 Å². The molecule has 1 N–H and O–H groups in total. The first-order chi connectivity index (χ1) is 14.5. The number of benzene rings is 2. The van der Waals surface area contributed by atoms with Crippen molar-refractivity contribution in [3.8, 4) is 22.8 Å². The predicted molar refractivity (Wildman–Crippen MR) is 116 cm³/mol. The van der Waals surface area contributed by atoms with Crippen molar-refractivity contribution in [2.75, 3.05) is 23.9 Å². The molecule has 1 unspecified atom stereocenters. The van der Waals surface area contributed by atoms with E-state index in [1.54, 1.807) is 24.1 Å². The van der Waals surface area contributed by atoms with Crippen molar-refractivity contribution in [1.29, 1.82) is 0 Å². The molecular weight excluding hydrogens is 402 g/mol. The monoisotopic (exact) mass is 423 g/mol. The lowest BCUT2D eigenvalue weighted by atomic mass is 10.00. The fraction of sp³-hybridized carbons (Fsp3) is 0.227. The number of para-hydroxylation sites is 2. The summed E-state index contributed by atoms with van der Waals surface area (Å²) in [5, 5.41) is 4.97. The van der Waals surface area contributed by atoms with E-state index in [4.69, 9.17) is 9.47 Å². The molecule has 0 spiro atoms. The van der Waals surface area contributed by atoms with Crippen LogP contribution in [0.15, 0.2) is 53.9 Å². The maximum atomic E-state index is 13.1. The molecule has 0 bridgehead atoms. The van der Waals surface area contributed by atoms with E-state index < -0.39 is 17.4 Å². The largest absolute Gasteiger partial charge is 0.497 e. The molecule has 0 aliphatic carbocycles. The molecule has 4 rings (SSSR count). The lowest BCUT2D eigenvalue weighted by Gasteiger charge is -2.38. The van der Waals surface area contributed by atoms with Crippen molar-refractivity contribution in [3.63, 3.8) is 0 Å². The Morgan fingerprint density at radius 2 is 2.07 bits per heavy atom. The Morgan fingerprint density at radius 3 is 2.83 bits per heavy atom. The van der Waals surface area contributed by atoms with Crippen LogP contribution >= 0.6 is 11.3 Å². The van der Waals surface area contributed by atoms with E-state index in [9.17, 15) is 9.59 Å². The molecule has 0 fully saturated rings. The normalized spacial score (nSPS) is 17.8. The molecule has 2 heterocycles. The van der Waals surface area contributed by atoms with Crippen molar-refractivity contribution in [3.05, 3.63) is 53.9 Å². The van der Waals surface area contributed by atoms with Crippen molar-refractivity contribution in [2.24, 2.45) is 0 Å². The lowest BCUT2D eigenvalue weighted by Crippen LogP contribution is -2.60. The van der Waals surface area contributed by atoms with Crippen LogP contribution in [0.2, 0.25) is 0 Å². The summed E-state index contributed by atoms with van der Waals surface area (Å²) in [6.07, 6.45) is 0. The fourth-order valence-corrected chi connectivity index (χ4v) is 4.03. The zero-order valence-corrected chi connectivity index (χ0v) is 17.7. The van der Waals surface area contributed by atoms with E-state index in [-0.39, 0.29) is 0 Å². The number of hydrogen-bond donors (Lipinski definition) is 1. The quantitative estimate of drug-likeness (QED) is 0.628. The minimum atomic E-state index is -1.69. The van der Waals surface area contributed by atoms with E-state index in [0.29, 0.717) is 28.8 Å². The number of anilines is 2. The Hall–Kier alpha value is -3.39. The summed E-state index contributed by atoms with van der Waals surface area (Å²) in [5.41, 5.74) is 0.542. The molecule has 1 atom stereocenters. The van der Waals surface area contributed by atoms with Gasteiger partial charge in [0.2, 0.25) is 0 Å². The SMILES string of the molecule is CCN1C(=O)C(C)(C(=O)Nc2nc(-c3cccc(OC)c3)cs2)Oc2ccccc21. The van der Waals surface area contributed by atoms with Gasteiger partial charge in [-0.15, -0.1) is 11.3 Å². The minimum absolute atomic E-state index is 0.386. The number of rotatable bonds is 5. The standard InChI is InChI=1S/C22H21N3O4S/c1-4-25-17-10-5-6-11-18(17)29-22(2,20(25)27)19(26)24-21-23-16(13-30-21)14-8-7-9-15(12-14)28-3/h5-13H,4H2,1-3H3,(H,23,24,26). The van der Waals surface area contributed by atoms with Crippen LogP contribution in [-0.4, -0.2) is 36.1 Å². The van der Waals surface area contributed by atoms with Gasteiger partial charge in [0.15, 0.2) is 5.13 Å². The third-order valence-electron chi connectivity index (χ3n) is 4.96. The summed E-state index contributed by atoms with van der Waals surface area (Å²) in [7, 11) is 1.60. The van der Waals surface area contributed by atoms with Gasteiger partial charge in [-0.3, -0.25) is 14.9 Å². The van der Waals surface area contributed by atoms with Crippen LogP contribution < -0.4 is 19.7 Å². The maximum Gasteiger partial charge on any atom is 0.280 e. The molecule has 1 aliphatic rings. The third-order valence-corrected chi connectivity index (χ3v) is 5.72. The lowest BCUT2D eigenvalue weighted by molar-refractivity contribution is -0.145. The molecular formula is C22H21N3O4S. The number of carbonyl (C=O) groups excluding carboxylic acids is 2. The Bertz CT molecular complexity index is 1110. The highest BCUT2D eigenvalue weighted by molar-refractivity contribution is 7.14. The van der Waals surface area contributed by atoms with E-state index in [1.807, 2.05) is 48.7 Å². The average Bonchev–Trinajstić information content (AvgIpc) is 3.23. The zero-order valence-electron chi connectivity index (χ0n) is 16.8. The van der Waals surface area contributed by atoms with Gasteiger partial charge in [0.1, 0.15) is 11.5 Å². The smallest absolute Gasteiger partial charge is 0.280 e. The number of fused-ring (bicyclic) bond motifs is 1. The summed E-state index contributed by atoms with van der Waals surface area (Å²) < 4.78 is 11.1. The Balaban J connectivity index is 1.58. The second-order valence-electron chi connectivity index (χ2n) is 6.88. The first-order valence-corrected chi connectivity index (χ1v) is 10.4. The second kappa shape index (κ2) is 7.79. The van der Waals surface area contributed by atoms with Crippen molar-refractivity contribution in [2.45, 2.75) is 19.4 Å². The molecule has 0 saturated carbocycles. The molecule has 0 radical (unpaired) electrons. The summed E-state index contributed by atoms with van der Waals surface area (Å²) in [6.45, 7) is 3.78. The number of carbonyl (C=O) groups is 2. The number of ether oxygens (including phenoxy) is 2. The molecule has 2 amide bonds. The fourth-order valence-electron chi connectivity index (χ4n) is 3.32. The minimum Gasteiger partial charge on any atom is -0.497 e. The van der Waals surface area contributed by atoms with Crippen LogP contribution in [0.5, 0.6) is 11.5 Å². The molecule has 7 nitrogen and oxygen atoms in total. The Kier molecular flexibility index (Phi) is 5.17. The molecule has 1 aromatic heterocycles. The first-order valence-electron chi connectivity index (χ1n) is 9.47. The second-order valence-corrected chi connectivity index (χ2v) is 7.73. The first kappa shape index (κ1) is 19.9. The van der Waals surface area contributed by atoms with Gasteiger partial charge < -0.3 is 14.4 Å². The van der Waals surface area contributed by atoms with Gasteiger partial charge in [0.25, 0.3) is 17.4 Å². The van der Waals surface area contributed by atoms with Gasteiger partial charge in [0.05, 0.1) is 18.5 Å². The van der Waals surface area contributed by atoms with Crippen LogP contribution in [0.25, 0.3) is 11.3 Å². The van der Waals surface area contributed by atoms with Crippen LogP contribution in [-0.2, 0) is 9.59 Å². The number of nitrogens with one attached hydrogen (secondary N) is 1. The molecule has 154 valence electrons. The highest BCUT2D eigenvalue weighted by atomic mass is 32.1. The van der Waals surface area contributed by atoms with Crippen LogP contribution in [0.1, 0.15) is 13.8 Å². The van der Waals surface area contributed by atoms with E-state index in [1.165, 1.54) is 18.3 Å². The van der Waals surface area contributed by atoms with Gasteiger partial charge in [-0.25, -0.2) is 4.98 Å². The topological polar surface area (TPSA) is 80.8 Å². The van der Waals surface area contributed by atoms with E-state index in [2.05, 4.69) is 10.3 Å². The number of nitrogens with zero attached hydrogens (tertiary/aromatic N) is 2. The van der Waals surface area contributed by atoms with Crippen molar-refractivity contribution in [1.82, 2.24) is 4.98 Å². The number of aromatic nitrogens is 1. The molecule has 3 aromatic rings. The van der Waals surface area contributed by atoms with Crippen molar-refractivity contribution < 1.29 is 19.1 Å². The summed E-state index contributed by atoms with van der Waals surface area (Å²) in [4.78, 5) is 32.2. The number of amides is 2. The van der Waals surface area contributed by atoms with E-state index >= 15 is 0 Å². The Labute approximate surface area is 178 Å². The molecule has 8 heteroatoms. The number of likely N-dealkylation sites (N-methyl/N-ethyl adjacent to an activating group) is 1. The number of methoxy groups -OCH3 is 1. The van der Waals surface area contributed by atoms with Crippen molar-refractivity contribution >= 4 is 34.0 Å². The zero-order chi connectivity index (χ0) is 21.3.